The molecule has 0 spiro atoms. The van der Waals surface area contributed by atoms with Crippen LogP contribution in [0.1, 0.15) is 28.5 Å². The van der Waals surface area contributed by atoms with Gasteiger partial charge in [-0.15, -0.1) is 11.8 Å². The Bertz CT molecular complexity index is 1350. The van der Waals surface area contributed by atoms with E-state index in [1.807, 2.05) is 18.2 Å². The van der Waals surface area contributed by atoms with E-state index in [1.54, 1.807) is 54.2 Å². The average Bonchev–Trinajstić information content (AvgIpc) is 2.80. The van der Waals surface area contributed by atoms with Gasteiger partial charge in [0.25, 0.3) is 11.5 Å². The minimum atomic E-state index is -0.395. The van der Waals surface area contributed by atoms with Crippen molar-refractivity contribution in [2.45, 2.75) is 17.4 Å². The van der Waals surface area contributed by atoms with Gasteiger partial charge < -0.3 is 5.32 Å². The summed E-state index contributed by atoms with van der Waals surface area (Å²) in [6.07, 6.45) is 0.684. The summed E-state index contributed by atoms with van der Waals surface area (Å²) in [5, 5.41) is 8.34. The van der Waals surface area contributed by atoms with Gasteiger partial charge in [0.05, 0.1) is 17.1 Å². The number of fused-ring (bicyclic) bond motifs is 2. The van der Waals surface area contributed by atoms with Crippen LogP contribution in [0.5, 0.6) is 0 Å². The normalized spacial score (nSPS) is 15.5. The minimum Gasteiger partial charge on any atom is -0.344 e. The number of hydrogen-bond acceptors (Lipinski definition) is 4. The average molecular weight is 431 g/mol. The monoisotopic (exact) mass is 431 g/mol. The highest BCUT2D eigenvalue weighted by atomic mass is 32.2. The second-order valence-electron chi connectivity index (χ2n) is 7.29. The van der Waals surface area contributed by atoms with Crippen LogP contribution in [0.4, 0.5) is 4.39 Å². The first-order valence-electron chi connectivity index (χ1n) is 9.92. The highest BCUT2D eigenvalue weighted by Gasteiger charge is 2.25. The van der Waals surface area contributed by atoms with Gasteiger partial charge in [0.15, 0.2) is 5.69 Å². The molecule has 1 unspecified atom stereocenters. The Morgan fingerprint density at radius 1 is 1.03 bits per heavy atom. The van der Waals surface area contributed by atoms with E-state index >= 15 is 0 Å². The molecule has 5 nitrogen and oxygen atoms in total. The number of aromatic nitrogens is 2. The van der Waals surface area contributed by atoms with Gasteiger partial charge in [-0.1, -0.05) is 36.4 Å². The van der Waals surface area contributed by atoms with Crippen LogP contribution in [-0.4, -0.2) is 21.4 Å². The molecular formula is C24H18FN3O2S. The van der Waals surface area contributed by atoms with Gasteiger partial charge in [-0.05, 0) is 48.4 Å². The van der Waals surface area contributed by atoms with Gasteiger partial charge in [-0.25, -0.2) is 4.39 Å². The summed E-state index contributed by atoms with van der Waals surface area (Å²) in [7, 11) is 0. The zero-order valence-corrected chi connectivity index (χ0v) is 17.2. The van der Waals surface area contributed by atoms with Crippen LogP contribution in [0.15, 0.2) is 82.5 Å². The number of amides is 1. The van der Waals surface area contributed by atoms with Crippen molar-refractivity contribution in [2.75, 3.05) is 5.75 Å². The largest absolute Gasteiger partial charge is 0.344 e. The van der Waals surface area contributed by atoms with E-state index in [0.717, 1.165) is 16.2 Å². The molecule has 1 aliphatic heterocycles. The molecular weight excluding hydrogens is 413 g/mol. The molecule has 4 aromatic rings. The first kappa shape index (κ1) is 19.5. The highest BCUT2D eigenvalue weighted by Crippen LogP contribution is 2.36. The predicted molar refractivity (Wildman–Crippen MR) is 119 cm³/mol. The lowest BCUT2D eigenvalue weighted by molar-refractivity contribution is 0.0930. The summed E-state index contributed by atoms with van der Waals surface area (Å²) in [5.74, 6) is 0.0936. The van der Waals surface area contributed by atoms with Gasteiger partial charge in [0.2, 0.25) is 0 Å². The first-order chi connectivity index (χ1) is 15.1. The molecule has 1 atom stereocenters. The fraction of sp³-hybridized carbons (Fsp3) is 0.125. The molecule has 5 rings (SSSR count). The molecule has 0 bridgehead atoms. The molecule has 1 N–H and O–H groups in total. The number of carbonyl (C=O) groups excluding carboxylic acids is 1. The number of rotatable bonds is 3. The maximum Gasteiger partial charge on any atom is 0.279 e. The minimum absolute atomic E-state index is 0.162. The fourth-order valence-corrected chi connectivity index (χ4v) is 4.95. The van der Waals surface area contributed by atoms with Crippen molar-refractivity contribution in [3.05, 3.63) is 100 Å². The summed E-state index contributed by atoms with van der Waals surface area (Å²) in [6.45, 7) is 0. The Kier molecular flexibility index (Phi) is 5.03. The second-order valence-corrected chi connectivity index (χ2v) is 8.43. The molecule has 0 aliphatic carbocycles. The lowest BCUT2D eigenvalue weighted by Crippen LogP contribution is -2.33. The van der Waals surface area contributed by atoms with Crippen LogP contribution in [-0.2, 0) is 0 Å². The number of nitrogens with zero attached hydrogens (tertiary/aromatic N) is 2. The zero-order chi connectivity index (χ0) is 21.4. The number of halogens is 1. The molecule has 1 aromatic heterocycles. The SMILES string of the molecule is O=C(NC1CCSc2ccc(F)cc21)c1nn(-c2ccccc2)c(=O)c2ccccc12. The van der Waals surface area contributed by atoms with E-state index in [4.69, 9.17) is 0 Å². The van der Waals surface area contributed by atoms with E-state index in [2.05, 4.69) is 10.4 Å². The number of para-hydroxylation sites is 1. The third-order valence-corrected chi connectivity index (χ3v) is 6.46. The van der Waals surface area contributed by atoms with Gasteiger partial charge in [0.1, 0.15) is 5.82 Å². The summed E-state index contributed by atoms with van der Waals surface area (Å²) >= 11 is 1.65. The molecule has 0 saturated carbocycles. The summed E-state index contributed by atoms with van der Waals surface area (Å²) in [6, 6.07) is 20.3. The third kappa shape index (κ3) is 3.61. The zero-order valence-electron chi connectivity index (χ0n) is 16.4. The van der Waals surface area contributed by atoms with Crippen LogP contribution < -0.4 is 10.9 Å². The Labute approximate surface area is 181 Å². The van der Waals surface area contributed by atoms with E-state index in [0.29, 0.717) is 22.9 Å². The maximum absolute atomic E-state index is 13.8. The van der Waals surface area contributed by atoms with Crippen LogP contribution in [0.2, 0.25) is 0 Å². The highest BCUT2D eigenvalue weighted by molar-refractivity contribution is 7.99. The molecule has 0 radical (unpaired) electrons. The van der Waals surface area contributed by atoms with E-state index in [1.165, 1.54) is 16.8 Å². The van der Waals surface area contributed by atoms with E-state index in [9.17, 15) is 14.0 Å². The summed E-state index contributed by atoms with van der Waals surface area (Å²) in [5.41, 5.74) is 1.22. The Morgan fingerprint density at radius 3 is 2.58 bits per heavy atom. The van der Waals surface area contributed by atoms with Crippen LogP contribution in [0.3, 0.4) is 0 Å². The van der Waals surface area contributed by atoms with Gasteiger partial charge >= 0.3 is 0 Å². The molecule has 1 amide bonds. The Morgan fingerprint density at radius 2 is 1.77 bits per heavy atom. The standard InChI is InChI=1S/C24H18FN3O2S/c25-15-10-11-21-19(14-15)20(12-13-31-21)26-23(29)22-17-8-4-5-9-18(17)24(30)28(27-22)16-6-2-1-3-7-16/h1-11,14,20H,12-13H2,(H,26,29). The maximum atomic E-state index is 13.8. The number of nitrogens with one attached hydrogen (secondary N) is 1. The molecule has 154 valence electrons. The summed E-state index contributed by atoms with van der Waals surface area (Å²) < 4.78 is 15.1. The van der Waals surface area contributed by atoms with Crippen LogP contribution in [0, 0.1) is 5.82 Å². The first-order valence-corrected chi connectivity index (χ1v) is 10.9. The molecule has 31 heavy (non-hydrogen) atoms. The van der Waals surface area contributed by atoms with E-state index in [-0.39, 0.29) is 23.1 Å². The van der Waals surface area contributed by atoms with Crippen molar-refractivity contribution >= 4 is 28.4 Å². The molecule has 3 aromatic carbocycles. The van der Waals surface area contributed by atoms with Crippen molar-refractivity contribution in [1.82, 2.24) is 15.1 Å². The lowest BCUT2D eigenvalue weighted by atomic mass is 10.0. The smallest absolute Gasteiger partial charge is 0.279 e. The van der Waals surface area contributed by atoms with Gasteiger partial charge in [-0.2, -0.15) is 9.78 Å². The molecule has 1 aliphatic rings. The number of hydrogen-bond donors (Lipinski definition) is 1. The van der Waals surface area contributed by atoms with Crippen molar-refractivity contribution < 1.29 is 9.18 Å². The van der Waals surface area contributed by atoms with Gasteiger partial charge in [-0.3, -0.25) is 9.59 Å². The van der Waals surface area contributed by atoms with Gasteiger partial charge in [0, 0.05) is 16.0 Å². The molecule has 7 heteroatoms. The quantitative estimate of drug-likeness (QED) is 0.519. The van der Waals surface area contributed by atoms with Crippen molar-refractivity contribution in [3.8, 4) is 5.69 Å². The summed E-state index contributed by atoms with van der Waals surface area (Å²) in [4.78, 5) is 27.3. The van der Waals surface area contributed by atoms with E-state index < -0.39 is 5.91 Å². The fourth-order valence-electron chi connectivity index (χ4n) is 3.84. The van der Waals surface area contributed by atoms with Crippen molar-refractivity contribution in [3.63, 3.8) is 0 Å². The number of thioether (sulfide) groups is 1. The molecule has 2 heterocycles. The Hall–Kier alpha value is -3.45. The number of benzene rings is 3. The predicted octanol–water partition coefficient (Wildman–Crippen LogP) is 4.49. The number of carbonyl (C=O) groups is 1. The lowest BCUT2D eigenvalue weighted by Gasteiger charge is -2.26. The van der Waals surface area contributed by atoms with Crippen LogP contribution >= 0.6 is 11.8 Å². The second kappa shape index (κ2) is 8.00. The molecule has 0 saturated heterocycles. The van der Waals surface area contributed by atoms with Crippen molar-refractivity contribution in [2.24, 2.45) is 0 Å². The molecule has 0 fully saturated rings. The Balaban J connectivity index is 1.59. The third-order valence-electron chi connectivity index (χ3n) is 5.34. The topological polar surface area (TPSA) is 64.0 Å². The van der Waals surface area contributed by atoms with Crippen molar-refractivity contribution in [1.29, 1.82) is 0 Å². The van der Waals surface area contributed by atoms with Crippen LogP contribution in [0.25, 0.3) is 16.5 Å².